The van der Waals surface area contributed by atoms with E-state index in [0.29, 0.717) is 0 Å². The second kappa shape index (κ2) is 4.44. The van der Waals surface area contributed by atoms with Gasteiger partial charge in [-0.2, -0.15) is 0 Å². The Hall–Kier alpha value is -2.68. The molecule has 2 heteroatoms. The SMILES string of the molecule is c1ccc2cc3c(cc2c1)C1OOC3c2cc3ccccc3cc21. The molecule has 0 atom stereocenters. The van der Waals surface area contributed by atoms with Crippen LogP contribution in [0.4, 0.5) is 0 Å². The van der Waals surface area contributed by atoms with Gasteiger partial charge in [0.05, 0.1) is 0 Å². The molecular weight excluding hydrogens is 296 g/mol. The Balaban J connectivity index is 1.67. The fraction of sp³-hybridized carbons (Fsp3) is 0.0909. The van der Waals surface area contributed by atoms with E-state index in [-0.39, 0.29) is 12.2 Å². The zero-order valence-corrected chi connectivity index (χ0v) is 12.9. The molecule has 24 heavy (non-hydrogen) atoms. The largest absolute Gasteiger partial charge is 0.223 e. The highest BCUT2D eigenvalue weighted by Crippen LogP contribution is 2.51. The van der Waals surface area contributed by atoms with Gasteiger partial charge in [0, 0.05) is 0 Å². The van der Waals surface area contributed by atoms with Crippen LogP contribution in [0, 0.1) is 0 Å². The summed E-state index contributed by atoms with van der Waals surface area (Å²) in [7, 11) is 0. The fourth-order valence-corrected chi connectivity index (χ4v) is 4.11. The third-order valence-corrected chi connectivity index (χ3v) is 5.28. The zero-order valence-electron chi connectivity index (χ0n) is 12.9. The van der Waals surface area contributed by atoms with Gasteiger partial charge in [-0.05, 0) is 68.1 Å². The van der Waals surface area contributed by atoms with Gasteiger partial charge in [-0.1, -0.05) is 48.5 Å². The molecule has 2 heterocycles. The molecule has 0 saturated carbocycles. The van der Waals surface area contributed by atoms with Crippen LogP contribution in [0.15, 0.2) is 72.8 Å². The zero-order chi connectivity index (χ0) is 15.7. The highest BCUT2D eigenvalue weighted by molar-refractivity contribution is 5.87. The second-order valence-corrected chi connectivity index (χ2v) is 6.61. The smallest absolute Gasteiger partial charge is 0.144 e. The van der Waals surface area contributed by atoms with Crippen LogP contribution >= 0.6 is 0 Å². The Morgan fingerprint density at radius 2 is 0.750 bits per heavy atom. The first-order valence-electron chi connectivity index (χ1n) is 8.26. The number of rotatable bonds is 0. The lowest BCUT2D eigenvalue weighted by atomic mass is 9.79. The van der Waals surface area contributed by atoms with Crippen LogP contribution in [0.5, 0.6) is 0 Å². The summed E-state index contributed by atoms with van der Waals surface area (Å²) in [6, 6.07) is 25.9. The van der Waals surface area contributed by atoms with Gasteiger partial charge in [0.25, 0.3) is 0 Å². The molecule has 0 aromatic heterocycles. The average Bonchev–Trinajstić information content (AvgIpc) is 2.65. The topological polar surface area (TPSA) is 18.5 Å². The van der Waals surface area contributed by atoms with Gasteiger partial charge in [-0.25, -0.2) is 9.78 Å². The van der Waals surface area contributed by atoms with E-state index in [1.54, 1.807) is 0 Å². The van der Waals surface area contributed by atoms with E-state index in [1.807, 2.05) is 0 Å². The van der Waals surface area contributed by atoms with E-state index in [0.717, 1.165) is 0 Å². The van der Waals surface area contributed by atoms with Crippen molar-refractivity contribution in [1.29, 1.82) is 0 Å². The molecule has 7 rings (SSSR count). The summed E-state index contributed by atoms with van der Waals surface area (Å²) in [4.78, 5) is 11.5. The summed E-state index contributed by atoms with van der Waals surface area (Å²) in [5.74, 6) is 0. The Morgan fingerprint density at radius 1 is 0.458 bits per heavy atom. The van der Waals surface area contributed by atoms with Crippen LogP contribution in [0.25, 0.3) is 21.5 Å². The maximum atomic E-state index is 5.73. The molecule has 0 N–H and O–H groups in total. The maximum absolute atomic E-state index is 5.73. The van der Waals surface area contributed by atoms with Crippen molar-refractivity contribution in [3.63, 3.8) is 0 Å². The summed E-state index contributed by atoms with van der Waals surface area (Å²) in [6.07, 6.45) is -0.288. The lowest BCUT2D eigenvalue weighted by molar-refractivity contribution is -0.360. The van der Waals surface area contributed by atoms with Gasteiger partial charge >= 0.3 is 0 Å². The monoisotopic (exact) mass is 310 g/mol. The van der Waals surface area contributed by atoms with E-state index in [1.165, 1.54) is 43.8 Å². The minimum absolute atomic E-state index is 0.144. The van der Waals surface area contributed by atoms with E-state index >= 15 is 0 Å². The molecule has 3 aliphatic rings. The second-order valence-electron chi connectivity index (χ2n) is 6.61. The summed E-state index contributed by atoms with van der Waals surface area (Å²) in [5, 5.41) is 4.98. The summed E-state index contributed by atoms with van der Waals surface area (Å²) >= 11 is 0. The highest BCUT2D eigenvalue weighted by Gasteiger charge is 2.40. The molecule has 0 saturated heterocycles. The molecule has 0 unspecified atom stereocenters. The van der Waals surface area contributed by atoms with Crippen molar-refractivity contribution in [2.45, 2.75) is 12.2 Å². The molecule has 4 aromatic carbocycles. The Bertz CT molecular complexity index is 953. The molecule has 2 bridgehead atoms. The van der Waals surface area contributed by atoms with Gasteiger partial charge in [0.1, 0.15) is 12.2 Å². The minimum atomic E-state index is -0.144. The lowest BCUT2D eigenvalue weighted by Crippen LogP contribution is -2.28. The van der Waals surface area contributed by atoms with Crippen molar-refractivity contribution in [2.24, 2.45) is 0 Å². The number of hydrogen-bond acceptors (Lipinski definition) is 2. The lowest BCUT2D eigenvalue weighted by Gasteiger charge is -2.39. The molecule has 4 aromatic rings. The summed E-state index contributed by atoms with van der Waals surface area (Å²) < 4.78 is 0. The Labute approximate surface area is 139 Å². The molecule has 0 spiro atoms. The Kier molecular flexibility index (Phi) is 2.35. The van der Waals surface area contributed by atoms with Crippen molar-refractivity contribution < 1.29 is 9.78 Å². The predicted octanol–water partition coefficient (Wildman–Crippen LogP) is 5.45. The van der Waals surface area contributed by atoms with E-state index in [2.05, 4.69) is 72.8 Å². The van der Waals surface area contributed by atoms with Crippen LogP contribution < -0.4 is 0 Å². The first-order valence-corrected chi connectivity index (χ1v) is 8.26. The number of fused-ring (bicyclic) bond motifs is 3. The standard InChI is InChI=1S/C22H14O2/c1-2-6-14-10-18-17(9-13(14)5-1)21-19-11-15-7-3-4-8-16(15)12-20(19)22(18)24-23-21/h1-12,21-22H. The van der Waals surface area contributed by atoms with Gasteiger partial charge in [-0.15, -0.1) is 0 Å². The van der Waals surface area contributed by atoms with Crippen molar-refractivity contribution in [1.82, 2.24) is 0 Å². The van der Waals surface area contributed by atoms with Crippen molar-refractivity contribution >= 4 is 21.5 Å². The first kappa shape index (κ1) is 12.7. The maximum Gasteiger partial charge on any atom is 0.144 e. The predicted molar refractivity (Wildman–Crippen MR) is 93.8 cm³/mol. The third-order valence-electron chi connectivity index (χ3n) is 5.28. The van der Waals surface area contributed by atoms with E-state index in [4.69, 9.17) is 9.78 Å². The Morgan fingerprint density at radius 3 is 1.04 bits per heavy atom. The van der Waals surface area contributed by atoms with Crippen LogP contribution in [-0.2, 0) is 9.78 Å². The normalized spacial score (nSPS) is 21.0. The molecule has 2 nitrogen and oxygen atoms in total. The van der Waals surface area contributed by atoms with Crippen molar-refractivity contribution in [3.05, 3.63) is 95.1 Å². The molecule has 2 aliphatic heterocycles. The quantitative estimate of drug-likeness (QED) is 0.402. The van der Waals surface area contributed by atoms with Gasteiger partial charge in [0.15, 0.2) is 0 Å². The molecular formula is C22H14O2. The van der Waals surface area contributed by atoms with Crippen molar-refractivity contribution in [2.75, 3.05) is 0 Å². The molecule has 0 fully saturated rings. The van der Waals surface area contributed by atoms with Crippen LogP contribution in [0.1, 0.15) is 34.5 Å². The summed E-state index contributed by atoms with van der Waals surface area (Å²) in [6.45, 7) is 0. The van der Waals surface area contributed by atoms with Crippen LogP contribution in [0.2, 0.25) is 0 Å². The van der Waals surface area contributed by atoms with Crippen LogP contribution in [-0.4, -0.2) is 0 Å². The fourth-order valence-electron chi connectivity index (χ4n) is 4.11. The molecule has 114 valence electrons. The van der Waals surface area contributed by atoms with E-state index in [9.17, 15) is 0 Å². The molecule has 0 radical (unpaired) electrons. The molecule has 0 amide bonds. The van der Waals surface area contributed by atoms with Gasteiger partial charge in [-0.3, -0.25) is 0 Å². The van der Waals surface area contributed by atoms with Gasteiger partial charge < -0.3 is 0 Å². The number of hydrogen-bond donors (Lipinski definition) is 0. The van der Waals surface area contributed by atoms with E-state index < -0.39 is 0 Å². The summed E-state index contributed by atoms with van der Waals surface area (Å²) in [5.41, 5.74) is 4.92. The average molecular weight is 310 g/mol. The van der Waals surface area contributed by atoms with Crippen LogP contribution in [0.3, 0.4) is 0 Å². The highest BCUT2D eigenvalue weighted by atomic mass is 17.2. The number of benzene rings is 4. The van der Waals surface area contributed by atoms with Gasteiger partial charge in [0.2, 0.25) is 0 Å². The van der Waals surface area contributed by atoms with Crippen molar-refractivity contribution in [3.8, 4) is 0 Å². The minimum Gasteiger partial charge on any atom is -0.223 e. The third kappa shape index (κ3) is 1.57. The first-order chi connectivity index (χ1) is 11.9. The molecule has 1 aliphatic carbocycles.